The first-order valence-corrected chi connectivity index (χ1v) is 5.63. The lowest BCUT2D eigenvalue weighted by Crippen LogP contribution is -2.15. The number of phenols is 1. The van der Waals surface area contributed by atoms with Crippen LogP contribution >= 0.6 is 0 Å². The smallest absolute Gasteiger partial charge is 0.308 e. The molecular weight excluding hydrogens is 286 g/mol. The molecule has 0 aliphatic carbocycles. The highest BCUT2D eigenvalue weighted by Crippen LogP contribution is 2.26. The SMILES string of the molecule is O=C(Nc1ccccc1O)c1cc(F)cc([N+](=O)[O-])c1F. The minimum Gasteiger partial charge on any atom is -0.506 e. The number of carbonyl (C=O) groups is 1. The predicted octanol–water partition coefficient (Wildman–Crippen LogP) is 2.83. The van der Waals surface area contributed by atoms with E-state index < -0.39 is 33.7 Å². The molecule has 108 valence electrons. The van der Waals surface area contributed by atoms with Crippen LogP contribution in [0, 0.1) is 21.7 Å². The first-order chi connectivity index (χ1) is 9.90. The van der Waals surface area contributed by atoms with Gasteiger partial charge in [0, 0.05) is 0 Å². The molecule has 0 saturated carbocycles. The van der Waals surface area contributed by atoms with E-state index in [2.05, 4.69) is 5.32 Å². The lowest BCUT2D eigenvalue weighted by molar-refractivity contribution is -0.387. The fraction of sp³-hybridized carbons (Fsp3) is 0. The Morgan fingerprint density at radius 1 is 1.24 bits per heavy atom. The molecule has 0 radical (unpaired) electrons. The van der Waals surface area contributed by atoms with E-state index >= 15 is 0 Å². The standard InChI is InChI=1S/C13H8F2N2O4/c14-7-5-8(12(15)10(6-7)17(20)21)13(19)16-9-3-1-2-4-11(9)18/h1-6,18H,(H,16,19). The molecule has 0 aliphatic heterocycles. The molecule has 8 heteroatoms. The first kappa shape index (κ1) is 14.4. The summed E-state index contributed by atoms with van der Waals surface area (Å²) in [6.45, 7) is 0. The number of hydrogen-bond donors (Lipinski definition) is 2. The summed E-state index contributed by atoms with van der Waals surface area (Å²) in [5, 5.41) is 22.2. The second-order valence-corrected chi connectivity index (χ2v) is 4.01. The maximum atomic E-state index is 13.8. The highest BCUT2D eigenvalue weighted by atomic mass is 19.1. The average Bonchev–Trinajstić information content (AvgIpc) is 2.43. The van der Waals surface area contributed by atoms with Crippen LogP contribution in [0.15, 0.2) is 36.4 Å². The molecule has 2 aromatic carbocycles. The Labute approximate surface area is 116 Å². The number of halogens is 2. The number of phenolic OH excluding ortho intramolecular Hbond substituents is 1. The maximum absolute atomic E-state index is 13.8. The molecule has 0 aromatic heterocycles. The Kier molecular flexibility index (Phi) is 3.79. The third-order valence-corrected chi connectivity index (χ3v) is 2.61. The Morgan fingerprint density at radius 2 is 1.90 bits per heavy atom. The van der Waals surface area contributed by atoms with Crippen LogP contribution in [0.5, 0.6) is 5.75 Å². The number of nitro groups is 1. The molecule has 0 bridgehead atoms. The zero-order valence-electron chi connectivity index (χ0n) is 10.3. The minimum atomic E-state index is -1.45. The summed E-state index contributed by atoms with van der Waals surface area (Å²) >= 11 is 0. The van der Waals surface area contributed by atoms with Gasteiger partial charge in [-0.3, -0.25) is 14.9 Å². The quantitative estimate of drug-likeness (QED) is 0.517. The third kappa shape index (κ3) is 2.94. The summed E-state index contributed by atoms with van der Waals surface area (Å²) in [6, 6.07) is 6.53. The van der Waals surface area contributed by atoms with Crippen molar-refractivity contribution in [1.29, 1.82) is 0 Å². The van der Waals surface area contributed by atoms with E-state index in [9.17, 15) is 28.8 Å². The number of amides is 1. The van der Waals surface area contributed by atoms with Gasteiger partial charge >= 0.3 is 5.69 Å². The van der Waals surface area contributed by atoms with Gasteiger partial charge in [0.05, 0.1) is 22.2 Å². The van der Waals surface area contributed by atoms with Crippen molar-refractivity contribution < 1.29 is 23.6 Å². The van der Waals surface area contributed by atoms with Crippen LogP contribution in [0.4, 0.5) is 20.2 Å². The van der Waals surface area contributed by atoms with Crippen LogP contribution in [0.1, 0.15) is 10.4 Å². The molecule has 0 atom stereocenters. The molecule has 0 fully saturated rings. The molecule has 6 nitrogen and oxygen atoms in total. The topological polar surface area (TPSA) is 92.5 Å². The Hall–Kier alpha value is -3.03. The molecule has 0 unspecified atom stereocenters. The maximum Gasteiger partial charge on any atom is 0.308 e. The lowest BCUT2D eigenvalue weighted by Gasteiger charge is -2.08. The second-order valence-electron chi connectivity index (χ2n) is 4.01. The van der Waals surface area contributed by atoms with Crippen molar-refractivity contribution in [2.24, 2.45) is 0 Å². The predicted molar refractivity (Wildman–Crippen MR) is 69.1 cm³/mol. The summed E-state index contributed by atoms with van der Waals surface area (Å²) in [4.78, 5) is 21.3. The number of carbonyl (C=O) groups excluding carboxylic acids is 1. The highest BCUT2D eigenvalue weighted by molar-refractivity contribution is 6.05. The molecule has 0 aliphatic rings. The number of nitro benzene ring substituents is 1. The van der Waals surface area contributed by atoms with Crippen LogP contribution in [0.25, 0.3) is 0 Å². The van der Waals surface area contributed by atoms with Crippen LogP contribution in [-0.2, 0) is 0 Å². The molecule has 1 amide bonds. The van der Waals surface area contributed by atoms with Gasteiger partial charge in [0.2, 0.25) is 5.82 Å². The largest absolute Gasteiger partial charge is 0.506 e. The number of anilines is 1. The van der Waals surface area contributed by atoms with Crippen LogP contribution in [-0.4, -0.2) is 15.9 Å². The van der Waals surface area contributed by atoms with E-state index in [1.54, 1.807) is 0 Å². The van der Waals surface area contributed by atoms with Gasteiger partial charge < -0.3 is 10.4 Å². The van der Waals surface area contributed by atoms with Crippen molar-refractivity contribution in [3.63, 3.8) is 0 Å². The van der Waals surface area contributed by atoms with Crippen molar-refractivity contribution in [3.05, 3.63) is 63.7 Å². The monoisotopic (exact) mass is 294 g/mol. The van der Waals surface area contributed by atoms with E-state index in [0.29, 0.717) is 12.1 Å². The molecule has 0 heterocycles. The first-order valence-electron chi connectivity index (χ1n) is 5.63. The summed E-state index contributed by atoms with van der Waals surface area (Å²) in [5.41, 5.74) is -2.00. The van der Waals surface area contributed by atoms with Crippen molar-refractivity contribution in [3.8, 4) is 5.75 Å². The van der Waals surface area contributed by atoms with Gasteiger partial charge in [0.15, 0.2) is 0 Å². The Balaban J connectivity index is 2.40. The number of nitrogens with zero attached hydrogens (tertiary/aromatic N) is 1. The highest BCUT2D eigenvalue weighted by Gasteiger charge is 2.24. The Bertz CT molecular complexity index is 734. The van der Waals surface area contributed by atoms with E-state index in [-0.39, 0.29) is 11.4 Å². The van der Waals surface area contributed by atoms with E-state index in [1.165, 1.54) is 24.3 Å². The summed E-state index contributed by atoms with van der Waals surface area (Å²) < 4.78 is 27.1. The molecule has 2 N–H and O–H groups in total. The molecule has 0 saturated heterocycles. The van der Waals surface area contributed by atoms with Crippen molar-refractivity contribution in [2.45, 2.75) is 0 Å². The Morgan fingerprint density at radius 3 is 2.52 bits per heavy atom. The zero-order valence-corrected chi connectivity index (χ0v) is 10.3. The number of para-hydroxylation sites is 2. The summed E-state index contributed by atoms with van der Waals surface area (Å²) in [7, 11) is 0. The number of aromatic hydroxyl groups is 1. The van der Waals surface area contributed by atoms with Gasteiger partial charge in [-0.05, 0) is 18.2 Å². The third-order valence-electron chi connectivity index (χ3n) is 2.61. The molecule has 0 spiro atoms. The normalized spacial score (nSPS) is 10.2. The van der Waals surface area contributed by atoms with Crippen molar-refractivity contribution in [1.82, 2.24) is 0 Å². The molecule has 21 heavy (non-hydrogen) atoms. The number of nitrogens with one attached hydrogen (secondary N) is 1. The van der Waals surface area contributed by atoms with Crippen molar-refractivity contribution in [2.75, 3.05) is 5.32 Å². The van der Waals surface area contributed by atoms with Crippen molar-refractivity contribution >= 4 is 17.3 Å². The minimum absolute atomic E-state index is 0.0335. The molecular formula is C13H8F2N2O4. The fourth-order valence-electron chi connectivity index (χ4n) is 1.64. The van der Waals surface area contributed by atoms with Gasteiger partial charge in [0.1, 0.15) is 11.6 Å². The van der Waals surface area contributed by atoms with Crippen LogP contribution in [0.2, 0.25) is 0 Å². The van der Waals surface area contributed by atoms with Gasteiger partial charge in [-0.25, -0.2) is 4.39 Å². The van der Waals surface area contributed by atoms with E-state index in [4.69, 9.17) is 0 Å². The number of benzene rings is 2. The van der Waals surface area contributed by atoms with E-state index in [1.807, 2.05) is 0 Å². The van der Waals surface area contributed by atoms with Gasteiger partial charge in [-0.2, -0.15) is 4.39 Å². The fourth-order valence-corrected chi connectivity index (χ4v) is 1.64. The molecule has 2 aromatic rings. The lowest BCUT2D eigenvalue weighted by atomic mass is 10.1. The summed E-state index contributed by atoms with van der Waals surface area (Å²) in [5.74, 6) is -3.96. The summed E-state index contributed by atoms with van der Waals surface area (Å²) in [6.07, 6.45) is 0. The number of hydrogen-bond acceptors (Lipinski definition) is 4. The average molecular weight is 294 g/mol. The zero-order chi connectivity index (χ0) is 15.6. The van der Waals surface area contributed by atoms with Crippen LogP contribution in [0.3, 0.4) is 0 Å². The number of rotatable bonds is 3. The van der Waals surface area contributed by atoms with Gasteiger partial charge in [-0.15, -0.1) is 0 Å². The van der Waals surface area contributed by atoms with Gasteiger partial charge in [-0.1, -0.05) is 12.1 Å². The van der Waals surface area contributed by atoms with E-state index in [0.717, 1.165) is 0 Å². The molecule has 2 rings (SSSR count). The second kappa shape index (κ2) is 5.53. The van der Waals surface area contributed by atoms with Gasteiger partial charge in [0.25, 0.3) is 5.91 Å². The van der Waals surface area contributed by atoms with Crippen LogP contribution < -0.4 is 5.32 Å².